The summed E-state index contributed by atoms with van der Waals surface area (Å²) >= 11 is 0. The molecule has 0 saturated heterocycles. The summed E-state index contributed by atoms with van der Waals surface area (Å²) in [6.07, 6.45) is 38.4. The van der Waals surface area contributed by atoms with E-state index in [0.717, 1.165) is 44.9 Å². The van der Waals surface area contributed by atoms with E-state index in [-0.39, 0.29) is 24.4 Å². The number of rotatable bonds is 40. The first-order valence-corrected chi connectivity index (χ1v) is 24.0. The Morgan fingerprint density at radius 2 is 0.782 bits per heavy atom. The van der Waals surface area contributed by atoms with E-state index in [1.54, 1.807) is 0 Å². The number of esters is 2. The molecule has 1 N–H and O–H groups in total. The Hall–Kier alpha value is -1.59. The van der Waals surface area contributed by atoms with Crippen molar-refractivity contribution in [2.45, 2.75) is 279 Å². The molecule has 0 aliphatic rings. The lowest BCUT2D eigenvalue weighted by atomic mass is 9.69. The number of carbonyl (C=O) groups is 3. The molecule has 0 aromatic heterocycles. The third-order valence-corrected chi connectivity index (χ3v) is 12.0. The summed E-state index contributed by atoms with van der Waals surface area (Å²) in [5.41, 5.74) is -0.741. The van der Waals surface area contributed by atoms with Gasteiger partial charge in [0.15, 0.2) is 0 Å². The number of hydrogen-bond donors (Lipinski definition) is 1. The molecule has 6 nitrogen and oxygen atoms in total. The maximum absolute atomic E-state index is 13.6. The quantitative estimate of drug-likeness (QED) is 0.0495. The second-order valence-electron chi connectivity index (χ2n) is 18.7. The molecule has 0 aromatic rings. The van der Waals surface area contributed by atoms with Crippen LogP contribution in [0.25, 0.3) is 0 Å². The van der Waals surface area contributed by atoms with E-state index in [9.17, 15) is 14.4 Å². The molecule has 55 heavy (non-hydrogen) atoms. The number of amides is 1. The monoisotopic (exact) mass is 778 g/mol. The predicted octanol–water partition coefficient (Wildman–Crippen LogP) is 14.9. The Morgan fingerprint density at radius 3 is 1.11 bits per heavy atom. The van der Waals surface area contributed by atoms with Crippen LogP contribution in [0.2, 0.25) is 0 Å². The Labute approximate surface area is 343 Å². The summed E-state index contributed by atoms with van der Waals surface area (Å²) in [6, 6.07) is 0. The first kappa shape index (κ1) is 53.4. The van der Waals surface area contributed by atoms with E-state index in [4.69, 9.17) is 9.47 Å². The van der Waals surface area contributed by atoms with Crippen molar-refractivity contribution in [3.05, 3.63) is 0 Å². The molecular weight excluding hydrogens is 683 g/mol. The molecule has 0 radical (unpaired) electrons. The molecule has 0 heterocycles. The lowest BCUT2D eigenvalue weighted by molar-refractivity contribution is -0.165. The van der Waals surface area contributed by atoms with Gasteiger partial charge in [0.25, 0.3) is 5.91 Å². The zero-order valence-corrected chi connectivity index (χ0v) is 38.2. The largest absolute Gasteiger partial charge is 0.461 e. The fraction of sp³-hybridized carbons (Fsp3) is 0.939. The average Bonchev–Trinajstić information content (AvgIpc) is 3.12. The van der Waals surface area contributed by atoms with Gasteiger partial charge < -0.3 is 14.8 Å². The molecule has 326 valence electrons. The van der Waals surface area contributed by atoms with Crippen molar-refractivity contribution in [2.24, 2.45) is 11.3 Å². The smallest absolute Gasteiger partial charge is 0.306 e. The first-order chi connectivity index (χ1) is 26.4. The van der Waals surface area contributed by atoms with Gasteiger partial charge in [-0.3, -0.25) is 14.4 Å². The van der Waals surface area contributed by atoms with Crippen LogP contribution >= 0.6 is 0 Å². The van der Waals surface area contributed by atoms with Crippen LogP contribution in [0.5, 0.6) is 0 Å². The van der Waals surface area contributed by atoms with Crippen molar-refractivity contribution in [1.29, 1.82) is 0 Å². The van der Waals surface area contributed by atoms with E-state index >= 15 is 0 Å². The van der Waals surface area contributed by atoms with Crippen molar-refractivity contribution >= 4 is 17.8 Å². The Kier molecular flexibility index (Phi) is 34.5. The summed E-state index contributed by atoms with van der Waals surface area (Å²) in [5.74, 6) is -0.653. The number of hydrogen-bond acceptors (Lipinski definition) is 5. The topological polar surface area (TPSA) is 81.7 Å². The summed E-state index contributed by atoms with van der Waals surface area (Å²) in [5, 5.41) is 3.15. The van der Waals surface area contributed by atoms with Gasteiger partial charge in [0.1, 0.15) is 6.61 Å². The molecule has 1 amide bonds. The summed E-state index contributed by atoms with van der Waals surface area (Å²) in [7, 11) is 0. The van der Waals surface area contributed by atoms with Crippen LogP contribution in [0, 0.1) is 11.3 Å². The van der Waals surface area contributed by atoms with Crippen LogP contribution in [0.1, 0.15) is 267 Å². The van der Waals surface area contributed by atoms with E-state index in [1.165, 1.54) is 154 Å². The molecular formula is C49H95NO5. The maximum atomic E-state index is 13.6. The SMILES string of the molecule is CCCCCCCCCCCCCCCCCC(=O)OCC(OC(=O)CCCCCCCCCCCCCCCCC)C(=O)NC(C)(C)C(C)(C)CC(C)C. The molecule has 1 unspecified atom stereocenters. The second-order valence-corrected chi connectivity index (χ2v) is 18.7. The Balaban J connectivity index is 4.51. The fourth-order valence-corrected chi connectivity index (χ4v) is 7.74. The predicted molar refractivity (Wildman–Crippen MR) is 235 cm³/mol. The van der Waals surface area contributed by atoms with Gasteiger partial charge >= 0.3 is 11.9 Å². The molecule has 1 atom stereocenters. The van der Waals surface area contributed by atoms with Crippen LogP contribution in [-0.4, -0.2) is 36.1 Å². The zero-order valence-electron chi connectivity index (χ0n) is 38.2. The number of nitrogens with one attached hydrogen (secondary N) is 1. The van der Waals surface area contributed by atoms with Crippen molar-refractivity contribution < 1.29 is 23.9 Å². The van der Waals surface area contributed by atoms with Crippen LogP contribution in [0.4, 0.5) is 0 Å². The highest BCUT2D eigenvalue weighted by atomic mass is 16.6. The third-order valence-electron chi connectivity index (χ3n) is 12.0. The first-order valence-electron chi connectivity index (χ1n) is 24.0. The van der Waals surface area contributed by atoms with E-state index < -0.39 is 23.5 Å². The molecule has 0 aromatic carbocycles. The van der Waals surface area contributed by atoms with Crippen LogP contribution < -0.4 is 5.32 Å². The van der Waals surface area contributed by atoms with Crippen molar-refractivity contribution in [3.63, 3.8) is 0 Å². The van der Waals surface area contributed by atoms with Gasteiger partial charge in [-0.2, -0.15) is 0 Å². The van der Waals surface area contributed by atoms with Gasteiger partial charge in [0.05, 0.1) is 0 Å². The average molecular weight is 778 g/mol. The van der Waals surface area contributed by atoms with Gasteiger partial charge in [-0.1, -0.05) is 221 Å². The minimum absolute atomic E-state index is 0.191. The summed E-state index contributed by atoms with van der Waals surface area (Å²) in [4.78, 5) is 39.2. The molecule has 0 rings (SSSR count). The van der Waals surface area contributed by atoms with Gasteiger partial charge in [-0.25, -0.2) is 0 Å². The number of carbonyl (C=O) groups excluding carboxylic acids is 3. The summed E-state index contributed by atoms with van der Waals surface area (Å²) < 4.78 is 11.3. The molecule has 0 spiro atoms. The lowest BCUT2D eigenvalue weighted by Gasteiger charge is -2.44. The summed E-state index contributed by atoms with van der Waals surface area (Å²) in [6.45, 7) is 17.0. The van der Waals surface area contributed by atoms with Gasteiger partial charge in [-0.15, -0.1) is 0 Å². The Morgan fingerprint density at radius 1 is 0.473 bits per heavy atom. The van der Waals surface area contributed by atoms with Crippen molar-refractivity contribution in [1.82, 2.24) is 5.32 Å². The molecule has 0 aliphatic heterocycles. The highest BCUT2D eigenvalue weighted by Crippen LogP contribution is 2.37. The lowest BCUT2D eigenvalue weighted by Crippen LogP contribution is -2.57. The van der Waals surface area contributed by atoms with Gasteiger partial charge in [0.2, 0.25) is 6.10 Å². The fourth-order valence-electron chi connectivity index (χ4n) is 7.74. The van der Waals surface area contributed by atoms with Crippen molar-refractivity contribution in [2.75, 3.05) is 6.61 Å². The van der Waals surface area contributed by atoms with E-state index in [1.807, 2.05) is 13.8 Å². The van der Waals surface area contributed by atoms with Gasteiger partial charge in [-0.05, 0) is 44.4 Å². The number of unbranched alkanes of at least 4 members (excludes halogenated alkanes) is 28. The zero-order chi connectivity index (χ0) is 41.0. The molecule has 0 aliphatic carbocycles. The van der Waals surface area contributed by atoms with E-state index in [0.29, 0.717) is 12.3 Å². The van der Waals surface area contributed by atoms with Crippen LogP contribution in [-0.2, 0) is 23.9 Å². The van der Waals surface area contributed by atoms with Gasteiger partial charge in [0, 0.05) is 18.4 Å². The molecule has 0 fully saturated rings. The third kappa shape index (κ3) is 32.1. The Bertz CT molecular complexity index is 913. The highest BCUT2D eigenvalue weighted by Gasteiger charge is 2.40. The van der Waals surface area contributed by atoms with E-state index in [2.05, 4.69) is 46.9 Å². The normalized spacial score (nSPS) is 12.6. The van der Waals surface area contributed by atoms with Crippen molar-refractivity contribution in [3.8, 4) is 0 Å². The number of ether oxygens (including phenoxy) is 2. The molecule has 6 heteroatoms. The standard InChI is InChI=1S/C49H95NO5/c1-9-11-13-15-17-19-21-23-25-27-29-31-33-35-37-39-45(51)54-42-44(47(53)50-49(7,8)48(5,6)41-43(3)4)55-46(52)40-38-36-34-32-30-28-26-24-22-20-18-16-14-12-10-2/h43-44H,9-42H2,1-8H3,(H,50,53). The minimum atomic E-state index is -1.15. The molecule has 0 bridgehead atoms. The highest BCUT2D eigenvalue weighted by molar-refractivity contribution is 5.85. The minimum Gasteiger partial charge on any atom is -0.461 e. The maximum Gasteiger partial charge on any atom is 0.306 e. The second kappa shape index (κ2) is 35.6. The molecule has 0 saturated carbocycles. The van der Waals surface area contributed by atoms with Crippen LogP contribution in [0.3, 0.4) is 0 Å². The van der Waals surface area contributed by atoms with Crippen LogP contribution in [0.15, 0.2) is 0 Å².